The molecule has 0 saturated heterocycles. The number of nitrogens with two attached hydrogens (primary N) is 1. The van der Waals surface area contributed by atoms with Crippen molar-refractivity contribution in [3.8, 4) is 0 Å². The van der Waals surface area contributed by atoms with E-state index < -0.39 is 6.10 Å². The van der Waals surface area contributed by atoms with Crippen molar-refractivity contribution in [1.82, 2.24) is 31.6 Å². The Kier molecular flexibility index (Phi) is 14.1. The van der Waals surface area contributed by atoms with E-state index in [1.165, 1.54) is 0 Å². The number of aromatic nitrogens is 1. The fourth-order valence-electron chi connectivity index (χ4n) is 5.79. The zero-order valence-electron chi connectivity index (χ0n) is 29.8. The summed E-state index contributed by atoms with van der Waals surface area (Å²) >= 11 is 0. The van der Waals surface area contributed by atoms with Crippen LogP contribution in [0.25, 0.3) is 0 Å². The molecule has 1 aromatic heterocycles. The summed E-state index contributed by atoms with van der Waals surface area (Å²) in [4.78, 5) is 41.7. The fraction of sp³-hybridized carbons (Fsp3) is 0.238. The molecule has 4 amide bonds. The van der Waals surface area contributed by atoms with Gasteiger partial charge in [-0.05, 0) is 71.3 Å². The number of hydrogen-bond acceptors (Lipinski definition) is 7. The average molecular weight is 714 g/mol. The molecule has 4 aromatic carbocycles. The van der Waals surface area contributed by atoms with E-state index in [9.17, 15) is 19.5 Å². The Bertz CT molecular complexity index is 1940. The summed E-state index contributed by atoms with van der Waals surface area (Å²) in [5.74, 6) is -0.0711. The molecule has 0 aliphatic rings. The fourth-order valence-corrected chi connectivity index (χ4v) is 5.79. The van der Waals surface area contributed by atoms with Gasteiger partial charge in [-0.2, -0.15) is 0 Å². The number of carbonyl (C=O) groups is 3. The van der Waals surface area contributed by atoms with Crippen LogP contribution in [0.4, 0.5) is 10.6 Å². The molecule has 8 N–H and O–H groups in total. The second kappa shape index (κ2) is 19.5. The third-order valence-electron chi connectivity index (χ3n) is 8.65. The van der Waals surface area contributed by atoms with Gasteiger partial charge >= 0.3 is 6.03 Å². The summed E-state index contributed by atoms with van der Waals surface area (Å²) < 4.78 is 0. The maximum absolute atomic E-state index is 12.8. The van der Waals surface area contributed by atoms with Crippen LogP contribution in [-0.2, 0) is 37.1 Å². The highest BCUT2D eigenvalue weighted by Crippen LogP contribution is 2.15. The van der Waals surface area contributed by atoms with Gasteiger partial charge in [-0.25, -0.2) is 9.78 Å². The lowest BCUT2D eigenvalue weighted by Crippen LogP contribution is -2.37. The summed E-state index contributed by atoms with van der Waals surface area (Å²) in [6, 6.07) is 36.3. The highest BCUT2D eigenvalue weighted by Gasteiger charge is 2.12. The molecule has 11 heteroatoms. The number of carbonyl (C=O) groups excluding carboxylic acids is 3. The van der Waals surface area contributed by atoms with E-state index in [-0.39, 0.29) is 37.0 Å². The molecule has 11 nitrogen and oxygen atoms in total. The molecule has 2 atom stereocenters. The van der Waals surface area contributed by atoms with Gasteiger partial charge in [0.15, 0.2) is 0 Å². The van der Waals surface area contributed by atoms with Gasteiger partial charge in [-0.1, -0.05) is 97.1 Å². The van der Waals surface area contributed by atoms with Gasteiger partial charge in [0, 0.05) is 43.0 Å². The summed E-state index contributed by atoms with van der Waals surface area (Å²) in [5, 5.41) is 25.1. The number of benzene rings is 4. The average Bonchev–Trinajstić information content (AvgIpc) is 3.16. The number of aliphatic hydroxyl groups is 1. The minimum Gasteiger partial charge on any atom is -0.387 e. The topological polar surface area (TPSA) is 170 Å². The van der Waals surface area contributed by atoms with Crippen molar-refractivity contribution in [3.05, 3.63) is 166 Å². The van der Waals surface area contributed by atoms with E-state index in [4.69, 9.17) is 5.73 Å². The van der Waals surface area contributed by atoms with Gasteiger partial charge in [-0.3, -0.25) is 9.59 Å². The molecular formula is C42H47N7O4. The standard InChI is InChI=1S/C42H47N7O4/c1-29(44-27-38(50)37-17-18-39(43)45-26-37)19-32-9-5-11-34(21-32)23-40(51)48-28-49-41(52)36-15-13-30(14-16-36)20-33-10-6-12-35(22-33)25-47-42(53)46-24-31-7-3-2-4-8-31/h2-18,21-22,26,29,38,44,50H,19-20,23-25,27-28H2,1H3,(H2,43,45)(H,48,51)(H,49,52)(H2,46,47,53)/t29-,38+/m1/s1. The molecular weight excluding hydrogens is 667 g/mol. The molecule has 0 aliphatic heterocycles. The van der Waals surface area contributed by atoms with Crippen molar-refractivity contribution in [2.24, 2.45) is 0 Å². The molecule has 0 aliphatic carbocycles. The monoisotopic (exact) mass is 713 g/mol. The van der Waals surface area contributed by atoms with Crippen molar-refractivity contribution >= 4 is 23.7 Å². The second-order valence-corrected chi connectivity index (χ2v) is 13.0. The van der Waals surface area contributed by atoms with Crippen LogP contribution in [0, 0.1) is 0 Å². The van der Waals surface area contributed by atoms with Crippen molar-refractivity contribution < 1.29 is 19.5 Å². The van der Waals surface area contributed by atoms with Crippen LogP contribution >= 0.6 is 0 Å². The van der Waals surface area contributed by atoms with E-state index >= 15 is 0 Å². The van der Waals surface area contributed by atoms with Gasteiger partial charge < -0.3 is 37.4 Å². The Morgan fingerprint density at radius 3 is 2.09 bits per heavy atom. The molecule has 5 aromatic rings. The van der Waals surface area contributed by atoms with E-state index in [0.717, 1.165) is 39.8 Å². The summed E-state index contributed by atoms with van der Waals surface area (Å²) in [7, 11) is 0. The molecule has 5 rings (SSSR count). The van der Waals surface area contributed by atoms with Gasteiger partial charge in [0.1, 0.15) is 5.82 Å². The van der Waals surface area contributed by atoms with Crippen LogP contribution in [0.5, 0.6) is 0 Å². The molecule has 0 unspecified atom stereocenters. The lowest BCUT2D eigenvalue weighted by molar-refractivity contribution is -0.120. The zero-order valence-corrected chi connectivity index (χ0v) is 29.8. The summed E-state index contributed by atoms with van der Waals surface area (Å²) in [5.41, 5.74) is 12.9. The first-order valence-corrected chi connectivity index (χ1v) is 17.7. The lowest BCUT2D eigenvalue weighted by Gasteiger charge is -2.18. The minimum atomic E-state index is -0.697. The Morgan fingerprint density at radius 2 is 1.36 bits per heavy atom. The molecule has 0 saturated carbocycles. The number of nitrogen functional groups attached to an aromatic ring is 1. The van der Waals surface area contributed by atoms with E-state index in [0.29, 0.717) is 43.0 Å². The first-order chi connectivity index (χ1) is 25.7. The van der Waals surface area contributed by atoms with Crippen LogP contribution in [0.3, 0.4) is 0 Å². The highest BCUT2D eigenvalue weighted by atomic mass is 16.3. The molecule has 0 radical (unpaired) electrons. The van der Waals surface area contributed by atoms with Gasteiger partial charge in [-0.15, -0.1) is 0 Å². The number of rotatable bonds is 17. The predicted octanol–water partition coefficient (Wildman–Crippen LogP) is 4.55. The maximum atomic E-state index is 12.8. The zero-order chi connectivity index (χ0) is 37.4. The highest BCUT2D eigenvalue weighted by molar-refractivity contribution is 5.94. The molecule has 0 spiro atoms. The number of aliphatic hydroxyl groups excluding tert-OH is 1. The lowest BCUT2D eigenvalue weighted by atomic mass is 10.0. The smallest absolute Gasteiger partial charge is 0.315 e. The number of hydrogen-bond donors (Lipinski definition) is 7. The first-order valence-electron chi connectivity index (χ1n) is 17.7. The number of anilines is 1. The Labute approximate surface area is 310 Å². The van der Waals surface area contributed by atoms with Crippen LogP contribution in [0.1, 0.15) is 62.3 Å². The molecule has 0 bridgehead atoms. The number of nitrogens with one attached hydrogen (secondary N) is 5. The number of urea groups is 1. The largest absolute Gasteiger partial charge is 0.387 e. The second-order valence-electron chi connectivity index (χ2n) is 13.0. The van der Waals surface area contributed by atoms with Crippen LogP contribution in [0.15, 0.2) is 121 Å². The maximum Gasteiger partial charge on any atom is 0.315 e. The van der Waals surface area contributed by atoms with Crippen molar-refractivity contribution in [1.29, 1.82) is 0 Å². The van der Waals surface area contributed by atoms with Gasteiger partial charge in [0.25, 0.3) is 5.91 Å². The normalized spacial score (nSPS) is 12.0. The van der Waals surface area contributed by atoms with Gasteiger partial charge in [0.2, 0.25) is 5.91 Å². The van der Waals surface area contributed by atoms with Crippen LogP contribution in [0.2, 0.25) is 0 Å². The predicted molar refractivity (Wildman–Crippen MR) is 207 cm³/mol. The number of amides is 4. The number of nitrogens with zero attached hydrogens (tertiary/aromatic N) is 1. The summed E-state index contributed by atoms with van der Waals surface area (Å²) in [6.45, 7) is 3.30. The van der Waals surface area contributed by atoms with Crippen molar-refractivity contribution in [3.63, 3.8) is 0 Å². The summed E-state index contributed by atoms with van der Waals surface area (Å²) in [6.07, 6.45) is 2.45. The molecule has 53 heavy (non-hydrogen) atoms. The van der Waals surface area contributed by atoms with Crippen LogP contribution in [-0.4, -0.2) is 47.2 Å². The first kappa shape index (κ1) is 38.2. The minimum absolute atomic E-state index is 0.0109. The third-order valence-corrected chi connectivity index (χ3v) is 8.65. The Morgan fingerprint density at radius 1 is 0.698 bits per heavy atom. The Balaban J connectivity index is 0.995. The van der Waals surface area contributed by atoms with E-state index in [2.05, 4.69) is 37.6 Å². The third kappa shape index (κ3) is 12.9. The Hall–Kier alpha value is -6.04. The quantitative estimate of drug-likeness (QED) is 0.0694. The number of pyridine rings is 1. The molecule has 1 heterocycles. The van der Waals surface area contributed by atoms with Crippen molar-refractivity contribution in [2.75, 3.05) is 18.9 Å². The van der Waals surface area contributed by atoms with E-state index in [1.807, 2.05) is 91.9 Å². The molecule has 0 fully saturated rings. The van der Waals surface area contributed by atoms with Crippen molar-refractivity contribution in [2.45, 2.75) is 51.4 Å². The SMILES string of the molecule is C[C@H](Cc1cccc(CC(=O)NCNC(=O)c2ccc(Cc3cccc(CNC(=O)NCc4ccccc4)c3)cc2)c1)NC[C@H](O)c1ccc(N)nc1. The van der Waals surface area contributed by atoms with Gasteiger partial charge in [0.05, 0.1) is 19.2 Å². The molecule has 274 valence electrons. The van der Waals surface area contributed by atoms with E-state index in [1.54, 1.807) is 30.5 Å². The van der Waals surface area contributed by atoms with Crippen LogP contribution < -0.4 is 32.3 Å².